The minimum absolute atomic E-state index is 0.135. The standard InChI is InChI=1S/C23H19F3N6O2/c1-13-2-8-16(9-3-13)29-22(33)32-11-18-17(27-12-28-18)10-19(32)21-30-20(31-34-21)14-4-6-15(7-5-14)23(24,25)26/h2-9,12,19H,10-11H2,1H3,(H,27,28)(H,29,33)/t19-/m0/s1. The predicted octanol–water partition coefficient (Wildman–Crippen LogP) is 5.12. The first-order valence-corrected chi connectivity index (χ1v) is 10.4. The van der Waals surface area contributed by atoms with E-state index in [2.05, 4.69) is 25.4 Å². The molecular formula is C23H19F3N6O2. The van der Waals surface area contributed by atoms with Gasteiger partial charge in [0.1, 0.15) is 6.04 Å². The van der Waals surface area contributed by atoms with Gasteiger partial charge in [0.25, 0.3) is 0 Å². The molecule has 1 aliphatic rings. The zero-order valence-electron chi connectivity index (χ0n) is 17.9. The van der Waals surface area contributed by atoms with Crippen molar-refractivity contribution in [1.82, 2.24) is 25.0 Å². The maximum absolute atomic E-state index is 13.2. The molecule has 4 aromatic rings. The Labute approximate surface area is 191 Å². The van der Waals surface area contributed by atoms with Gasteiger partial charge in [-0.25, -0.2) is 9.78 Å². The number of anilines is 1. The van der Waals surface area contributed by atoms with Gasteiger partial charge in [-0.1, -0.05) is 35.0 Å². The molecule has 34 heavy (non-hydrogen) atoms. The number of nitrogens with one attached hydrogen (secondary N) is 2. The number of H-pyrrole nitrogens is 1. The molecule has 2 amide bonds. The monoisotopic (exact) mass is 468 g/mol. The second-order valence-electron chi connectivity index (χ2n) is 8.00. The van der Waals surface area contributed by atoms with E-state index >= 15 is 0 Å². The van der Waals surface area contributed by atoms with Gasteiger partial charge in [0, 0.05) is 17.7 Å². The molecule has 1 atom stereocenters. The molecule has 174 valence electrons. The molecule has 5 rings (SSSR count). The lowest BCUT2D eigenvalue weighted by Crippen LogP contribution is -2.41. The van der Waals surface area contributed by atoms with E-state index < -0.39 is 17.8 Å². The maximum atomic E-state index is 13.2. The van der Waals surface area contributed by atoms with Crippen LogP contribution in [0.3, 0.4) is 0 Å². The molecule has 11 heteroatoms. The summed E-state index contributed by atoms with van der Waals surface area (Å²) in [6, 6.07) is 10.9. The Morgan fingerprint density at radius 2 is 1.88 bits per heavy atom. The van der Waals surface area contributed by atoms with Gasteiger partial charge in [-0.3, -0.25) is 0 Å². The lowest BCUT2D eigenvalue weighted by molar-refractivity contribution is -0.137. The molecule has 2 N–H and O–H groups in total. The highest BCUT2D eigenvalue weighted by Gasteiger charge is 2.36. The number of benzene rings is 2. The Kier molecular flexibility index (Phi) is 5.31. The van der Waals surface area contributed by atoms with Gasteiger partial charge in [-0.2, -0.15) is 18.2 Å². The Morgan fingerprint density at radius 3 is 2.59 bits per heavy atom. The number of halogens is 3. The van der Waals surface area contributed by atoms with Crippen LogP contribution in [0.4, 0.5) is 23.7 Å². The van der Waals surface area contributed by atoms with Crippen molar-refractivity contribution >= 4 is 11.7 Å². The molecule has 0 aliphatic carbocycles. The number of aromatic amines is 1. The van der Waals surface area contributed by atoms with E-state index in [1.807, 2.05) is 31.2 Å². The number of hydrogen-bond acceptors (Lipinski definition) is 5. The van der Waals surface area contributed by atoms with Gasteiger partial charge in [-0.15, -0.1) is 0 Å². The highest BCUT2D eigenvalue weighted by Crippen LogP contribution is 2.34. The van der Waals surface area contributed by atoms with Gasteiger partial charge in [0.05, 0.1) is 29.8 Å². The van der Waals surface area contributed by atoms with Gasteiger partial charge < -0.3 is 19.7 Å². The number of nitrogens with zero attached hydrogens (tertiary/aromatic N) is 4. The summed E-state index contributed by atoms with van der Waals surface area (Å²) in [5.74, 6) is 0.304. The zero-order valence-corrected chi connectivity index (χ0v) is 17.9. The van der Waals surface area contributed by atoms with Crippen LogP contribution in [-0.4, -0.2) is 31.0 Å². The van der Waals surface area contributed by atoms with Crippen LogP contribution in [0.25, 0.3) is 11.4 Å². The molecule has 2 aromatic heterocycles. The Balaban J connectivity index is 1.42. The average Bonchev–Trinajstić information content (AvgIpc) is 3.48. The summed E-state index contributed by atoms with van der Waals surface area (Å²) < 4.78 is 44.0. The first-order valence-electron chi connectivity index (χ1n) is 10.4. The first kappa shape index (κ1) is 21.7. The number of carbonyl (C=O) groups is 1. The third-order valence-corrected chi connectivity index (χ3v) is 5.66. The first-order chi connectivity index (χ1) is 16.3. The summed E-state index contributed by atoms with van der Waals surface area (Å²) in [6.45, 7) is 2.20. The number of carbonyl (C=O) groups excluding carboxylic acids is 1. The topological polar surface area (TPSA) is 99.9 Å². The summed E-state index contributed by atoms with van der Waals surface area (Å²) in [4.78, 5) is 26.5. The lowest BCUT2D eigenvalue weighted by Gasteiger charge is -2.32. The normalized spacial score (nSPS) is 15.8. The summed E-state index contributed by atoms with van der Waals surface area (Å²) >= 11 is 0. The van der Waals surface area contributed by atoms with Crippen LogP contribution in [0.15, 0.2) is 59.4 Å². The molecule has 0 saturated carbocycles. The second kappa shape index (κ2) is 8.32. The van der Waals surface area contributed by atoms with E-state index in [9.17, 15) is 18.0 Å². The minimum Gasteiger partial charge on any atom is -0.347 e. The van der Waals surface area contributed by atoms with Gasteiger partial charge in [-0.05, 0) is 31.2 Å². The molecular weight excluding hydrogens is 449 g/mol. The van der Waals surface area contributed by atoms with Gasteiger partial charge >= 0.3 is 12.2 Å². The largest absolute Gasteiger partial charge is 0.416 e. The fourth-order valence-electron chi connectivity index (χ4n) is 3.80. The average molecular weight is 468 g/mol. The van der Waals surface area contributed by atoms with Crippen molar-refractivity contribution < 1.29 is 22.5 Å². The summed E-state index contributed by atoms with van der Waals surface area (Å²) in [6.07, 6.45) is -2.53. The van der Waals surface area contributed by atoms with Crippen LogP contribution in [0.1, 0.15) is 34.4 Å². The van der Waals surface area contributed by atoms with Crippen LogP contribution < -0.4 is 5.32 Å². The summed E-state index contributed by atoms with van der Waals surface area (Å²) in [5.41, 5.74) is 2.89. The van der Waals surface area contributed by atoms with Crippen molar-refractivity contribution in [3.63, 3.8) is 0 Å². The summed E-state index contributed by atoms with van der Waals surface area (Å²) in [5, 5.41) is 6.81. The van der Waals surface area contributed by atoms with Gasteiger partial charge in [0.2, 0.25) is 11.7 Å². The molecule has 1 aliphatic heterocycles. The SMILES string of the molecule is Cc1ccc(NC(=O)N2Cc3[nH]cnc3C[C@H]2c2nc(-c3ccc(C(F)(F)F)cc3)no2)cc1. The van der Waals surface area contributed by atoms with Crippen LogP contribution in [-0.2, 0) is 19.1 Å². The Hall–Kier alpha value is -4.15. The van der Waals surface area contributed by atoms with Crippen molar-refractivity contribution in [3.8, 4) is 11.4 Å². The quantitative estimate of drug-likeness (QED) is 0.435. The minimum atomic E-state index is -4.43. The smallest absolute Gasteiger partial charge is 0.347 e. The molecule has 8 nitrogen and oxygen atoms in total. The zero-order chi connectivity index (χ0) is 23.9. The molecule has 0 radical (unpaired) electrons. The lowest BCUT2D eigenvalue weighted by atomic mass is 10.0. The van der Waals surface area contributed by atoms with Crippen LogP contribution in [0.2, 0.25) is 0 Å². The molecule has 0 spiro atoms. The van der Waals surface area contributed by atoms with Gasteiger partial charge in [0.15, 0.2) is 0 Å². The van der Waals surface area contributed by atoms with Crippen molar-refractivity contribution in [2.75, 3.05) is 5.32 Å². The number of aryl methyl sites for hydroxylation is 1. The summed E-state index contributed by atoms with van der Waals surface area (Å²) in [7, 11) is 0. The van der Waals surface area contributed by atoms with Crippen molar-refractivity contribution in [1.29, 1.82) is 0 Å². The Morgan fingerprint density at radius 1 is 1.15 bits per heavy atom. The van der Waals surface area contributed by atoms with Crippen molar-refractivity contribution in [2.24, 2.45) is 0 Å². The van der Waals surface area contributed by atoms with Crippen molar-refractivity contribution in [3.05, 3.63) is 83.3 Å². The number of hydrogen-bond donors (Lipinski definition) is 2. The number of fused-ring (bicyclic) bond motifs is 1. The van der Waals surface area contributed by atoms with E-state index in [1.54, 1.807) is 11.2 Å². The maximum Gasteiger partial charge on any atom is 0.416 e. The predicted molar refractivity (Wildman–Crippen MR) is 116 cm³/mol. The van der Waals surface area contributed by atoms with Crippen LogP contribution in [0, 0.1) is 6.92 Å². The third-order valence-electron chi connectivity index (χ3n) is 5.66. The second-order valence-corrected chi connectivity index (χ2v) is 8.00. The number of urea groups is 1. The highest BCUT2D eigenvalue weighted by atomic mass is 19.4. The number of alkyl halides is 3. The van der Waals surface area contributed by atoms with E-state index in [1.165, 1.54) is 12.1 Å². The number of amides is 2. The Bertz CT molecular complexity index is 1310. The third kappa shape index (κ3) is 4.24. The molecule has 0 fully saturated rings. The van der Waals surface area contributed by atoms with E-state index in [0.717, 1.165) is 29.1 Å². The molecule has 0 unspecified atom stereocenters. The highest BCUT2D eigenvalue weighted by molar-refractivity contribution is 5.89. The number of imidazole rings is 1. The molecule has 0 bridgehead atoms. The van der Waals surface area contributed by atoms with Crippen LogP contribution >= 0.6 is 0 Å². The number of aromatic nitrogens is 4. The van der Waals surface area contributed by atoms with E-state index in [4.69, 9.17) is 4.52 Å². The van der Waals surface area contributed by atoms with Crippen LogP contribution in [0.5, 0.6) is 0 Å². The number of rotatable bonds is 3. The fraction of sp³-hybridized carbons (Fsp3) is 0.217. The fourth-order valence-corrected chi connectivity index (χ4v) is 3.80. The van der Waals surface area contributed by atoms with Crippen molar-refractivity contribution in [2.45, 2.75) is 32.1 Å². The van der Waals surface area contributed by atoms with E-state index in [0.29, 0.717) is 17.7 Å². The molecule has 0 saturated heterocycles. The molecule has 3 heterocycles. The molecule has 2 aromatic carbocycles. The van der Waals surface area contributed by atoms with E-state index in [-0.39, 0.29) is 24.3 Å².